The average molecular weight is 300 g/mol. The van der Waals surface area contributed by atoms with Gasteiger partial charge in [-0.05, 0) is 31.5 Å². The van der Waals surface area contributed by atoms with Crippen LogP contribution in [0.15, 0.2) is 22.7 Å². The van der Waals surface area contributed by atoms with Gasteiger partial charge in [0.2, 0.25) is 0 Å². The molecule has 2 atom stereocenters. The van der Waals surface area contributed by atoms with Gasteiger partial charge in [0.15, 0.2) is 0 Å². The van der Waals surface area contributed by atoms with Crippen LogP contribution >= 0.6 is 15.9 Å². The molecule has 0 aliphatic carbocycles. The summed E-state index contributed by atoms with van der Waals surface area (Å²) < 4.78 is 6.39. The topological polar surface area (TPSA) is 32.7 Å². The van der Waals surface area contributed by atoms with Crippen molar-refractivity contribution in [3.8, 4) is 0 Å². The van der Waals surface area contributed by atoms with Crippen LogP contribution in [0.2, 0.25) is 0 Å². The van der Waals surface area contributed by atoms with Crippen molar-refractivity contribution >= 4 is 21.6 Å². The van der Waals surface area contributed by atoms with Gasteiger partial charge in [0.1, 0.15) is 0 Å². The molecular formula is C13H18BrNO2. The van der Waals surface area contributed by atoms with Crippen molar-refractivity contribution < 1.29 is 9.84 Å². The lowest BCUT2D eigenvalue weighted by Gasteiger charge is -2.35. The molecule has 1 heterocycles. The van der Waals surface area contributed by atoms with Crippen LogP contribution in [0, 0.1) is 0 Å². The van der Waals surface area contributed by atoms with E-state index in [0.29, 0.717) is 6.04 Å². The molecule has 0 bridgehead atoms. The molecule has 1 N–H and O–H groups in total. The fraction of sp³-hybridized carbons (Fsp3) is 0.538. The van der Waals surface area contributed by atoms with Crippen molar-refractivity contribution in [2.24, 2.45) is 0 Å². The molecule has 1 aromatic rings. The van der Waals surface area contributed by atoms with Gasteiger partial charge in [0.05, 0.1) is 19.3 Å². The van der Waals surface area contributed by atoms with E-state index in [4.69, 9.17) is 4.74 Å². The summed E-state index contributed by atoms with van der Waals surface area (Å²) >= 11 is 3.52. The number of hydrogen-bond donors (Lipinski definition) is 1. The highest BCUT2D eigenvalue weighted by Gasteiger charge is 2.19. The second kappa shape index (κ2) is 5.38. The summed E-state index contributed by atoms with van der Waals surface area (Å²) in [6.07, 6.45) is -0.444. The first-order valence-electron chi connectivity index (χ1n) is 5.91. The highest BCUT2D eigenvalue weighted by Crippen LogP contribution is 2.29. The van der Waals surface area contributed by atoms with Crippen LogP contribution in [0.4, 0.5) is 5.69 Å². The quantitative estimate of drug-likeness (QED) is 0.911. The number of nitrogens with zero attached hydrogens (tertiary/aromatic N) is 1. The van der Waals surface area contributed by atoms with E-state index in [2.05, 4.69) is 39.9 Å². The van der Waals surface area contributed by atoms with Crippen molar-refractivity contribution in [1.29, 1.82) is 0 Å². The van der Waals surface area contributed by atoms with Gasteiger partial charge in [-0.3, -0.25) is 0 Å². The Morgan fingerprint density at radius 2 is 2.29 bits per heavy atom. The lowest BCUT2D eigenvalue weighted by Crippen LogP contribution is -2.43. The van der Waals surface area contributed by atoms with Crippen LogP contribution in [0.25, 0.3) is 0 Å². The largest absolute Gasteiger partial charge is 0.389 e. The maximum atomic E-state index is 9.59. The Kier molecular flexibility index (Phi) is 4.07. The Bertz CT molecular complexity index is 395. The molecule has 17 heavy (non-hydrogen) atoms. The van der Waals surface area contributed by atoms with Crippen LogP contribution in [0.5, 0.6) is 0 Å². The highest BCUT2D eigenvalue weighted by molar-refractivity contribution is 9.10. The Balaban J connectivity index is 2.24. The van der Waals surface area contributed by atoms with Gasteiger partial charge in [0, 0.05) is 22.7 Å². The molecule has 1 unspecified atom stereocenters. The van der Waals surface area contributed by atoms with Crippen LogP contribution < -0.4 is 4.90 Å². The average Bonchev–Trinajstić information content (AvgIpc) is 2.29. The molecule has 0 spiro atoms. The minimum Gasteiger partial charge on any atom is -0.389 e. The Labute approximate surface area is 111 Å². The standard InChI is InChI=1S/C13H18BrNO2/c1-9-8-17-6-5-15(9)11-3-4-12(10(2)16)13(14)7-11/h3-4,7,9-10,16H,5-6,8H2,1-2H3/t9?,10-/m1/s1. The van der Waals surface area contributed by atoms with E-state index in [1.54, 1.807) is 6.92 Å². The van der Waals surface area contributed by atoms with Crippen molar-refractivity contribution in [3.63, 3.8) is 0 Å². The summed E-state index contributed by atoms with van der Waals surface area (Å²) in [7, 11) is 0. The lowest BCUT2D eigenvalue weighted by molar-refractivity contribution is 0.0989. The lowest BCUT2D eigenvalue weighted by atomic mass is 10.1. The summed E-state index contributed by atoms with van der Waals surface area (Å²) in [6.45, 7) is 6.41. The number of morpholine rings is 1. The predicted octanol–water partition coefficient (Wildman–Crippen LogP) is 2.73. The van der Waals surface area contributed by atoms with E-state index in [9.17, 15) is 5.11 Å². The predicted molar refractivity (Wildman–Crippen MR) is 72.4 cm³/mol. The van der Waals surface area contributed by atoms with E-state index < -0.39 is 6.10 Å². The number of hydrogen-bond acceptors (Lipinski definition) is 3. The minimum absolute atomic E-state index is 0.396. The molecule has 1 aliphatic heterocycles. The zero-order valence-electron chi connectivity index (χ0n) is 10.2. The Morgan fingerprint density at radius 3 is 2.88 bits per heavy atom. The van der Waals surface area contributed by atoms with E-state index in [-0.39, 0.29) is 0 Å². The molecule has 1 aromatic carbocycles. The summed E-state index contributed by atoms with van der Waals surface area (Å²) in [5.41, 5.74) is 2.10. The van der Waals surface area contributed by atoms with Crippen molar-refractivity contribution in [2.45, 2.75) is 26.0 Å². The molecule has 94 valence electrons. The van der Waals surface area contributed by atoms with Gasteiger partial charge in [-0.25, -0.2) is 0 Å². The van der Waals surface area contributed by atoms with E-state index >= 15 is 0 Å². The zero-order valence-corrected chi connectivity index (χ0v) is 11.8. The minimum atomic E-state index is -0.444. The summed E-state index contributed by atoms with van der Waals surface area (Å²) in [5, 5.41) is 9.59. The fourth-order valence-corrected chi connectivity index (χ4v) is 2.84. The SMILES string of the molecule is CC1COCCN1c1ccc([C@@H](C)O)c(Br)c1. The van der Waals surface area contributed by atoms with Crippen LogP contribution in [-0.2, 0) is 4.74 Å². The maximum Gasteiger partial charge on any atom is 0.0772 e. The number of rotatable bonds is 2. The van der Waals surface area contributed by atoms with Crippen LogP contribution in [0.1, 0.15) is 25.5 Å². The molecule has 1 saturated heterocycles. The number of halogens is 1. The van der Waals surface area contributed by atoms with E-state index in [0.717, 1.165) is 29.8 Å². The van der Waals surface area contributed by atoms with Crippen LogP contribution in [-0.4, -0.2) is 30.9 Å². The van der Waals surface area contributed by atoms with Gasteiger partial charge in [0.25, 0.3) is 0 Å². The molecule has 4 heteroatoms. The molecule has 0 aromatic heterocycles. The molecule has 0 radical (unpaired) electrons. The highest BCUT2D eigenvalue weighted by atomic mass is 79.9. The van der Waals surface area contributed by atoms with Crippen molar-refractivity contribution in [1.82, 2.24) is 0 Å². The first-order valence-corrected chi connectivity index (χ1v) is 6.71. The molecule has 0 saturated carbocycles. The molecule has 0 amide bonds. The van der Waals surface area contributed by atoms with Gasteiger partial charge in [-0.1, -0.05) is 22.0 Å². The summed E-state index contributed by atoms with van der Waals surface area (Å²) in [4.78, 5) is 2.33. The monoisotopic (exact) mass is 299 g/mol. The van der Waals surface area contributed by atoms with Gasteiger partial charge in [-0.15, -0.1) is 0 Å². The molecule has 2 rings (SSSR count). The zero-order chi connectivity index (χ0) is 12.4. The molecule has 1 fully saturated rings. The second-order valence-electron chi connectivity index (χ2n) is 4.50. The summed E-state index contributed by atoms with van der Waals surface area (Å²) in [5.74, 6) is 0. The number of anilines is 1. The summed E-state index contributed by atoms with van der Waals surface area (Å²) in [6, 6.07) is 6.51. The Morgan fingerprint density at radius 1 is 1.53 bits per heavy atom. The van der Waals surface area contributed by atoms with Crippen molar-refractivity contribution in [2.75, 3.05) is 24.7 Å². The third-order valence-electron chi connectivity index (χ3n) is 3.13. The number of benzene rings is 1. The number of aliphatic hydroxyl groups is 1. The van der Waals surface area contributed by atoms with Gasteiger partial charge in [-0.2, -0.15) is 0 Å². The van der Waals surface area contributed by atoms with Gasteiger partial charge >= 0.3 is 0 Å². The molecule has 3 nitrogen and oxygen atoms in total. The van der Waals surface area contributed by atoms with Crippen LogP contribution in [0.3, 0.4) is 0 Å². The Hall–Kier alpha value is -0.580. The fourth-order valence-electron chi connectivity index (χ4n) is 2.14. The second-order valence-corrected chi connectivity index (χ2v) is 5.35. The van der Waals surface area contributed by atoms with E-state index in [1.165, 1.54) is 5.69 Å². The molecule has 1 aliphatic rings. The third-order valence-corrected chi connectivity index (χ3v) is 3.82. The number of ether oxygens (including phenoxy) is 1. The molecular weight excluding hydrogens is 282 g/mol. The number of aliphatic hydroxyl groups excluding tert-OH is 1. The smallest absolute Gasteiger partial charge is 0.0772 e. The normalized spacial score (nSPS) is 22.6. The van der Waals surface area contributed by atoms with Crippen molar-refractivity contribution in [3.05, 3.63) is 28.2 Å². The third kappa shape index (κ3) is 2.81. The van der Waals surface area contributed by atoms with E-state index in [1.807, 2.05) is 6.07 Å². The first-order chi connectivity index (χ1) is 8.09. The van der Waals surface area contributed by atoms with Gasteiger partial charge < -0.3 is 14.7 Å². The maximum absolute atomic E-state index is 9.59. The first kappa shape index (κ1) is 12.9.